The highest BCUT2D eigenvalue weighted by Crippen LogP contribution is 2.26. The summed E-state index contributed by atoms with van der Waals surface area (Å²) in [6.45, 7) is 0. The maximum absolute atomic E-state index is 13.0. The summed E-state index contributed by atoms with van der Waals surface area (Å²) in [6, 6.07) is 9.02. The highest BCUT2D eigenvalue weighted by atomic mass is 19.1. The van der Waals surface area contributed by atoms with E-state index >= 15 is 0 Å². The van der Waals surface area contributed by atoms with Crippen LogP contribution in [0.2, 0.25) is 0 Å². The third kappa shape index (κ3) is 1.20. The van der Waals surface area contributed by atoms with Crippen LogP contribution in [-0.4, -0.2) is 4.98 Å². The van der Waals surface area contributed by atoms with Crippen LogP contribution in [0.3, 0.4) is 0 Å². The van der Waals surface area contributed by atoms with Gasteiger partial charge in [0.05, 0.1) is 0 Å². The molecular formula is C12H7F2N. The SMILES string of the molecule is Fc1ccc2c(c1)[nH]c1cc(F)ccc12. The van der Waals surface area contributed by atoms with Gasteiger partial charge in [0.2, 0.25) is 0 Å². The lowest BCUT2D eigenvalue weighted by atomic mass is 10.1. The Morgan fingerprint density at radius 2 is 1.20 bits per heavy atom. The van der Waals surface area contributed by atoms with Gasteiger partial charge in [-0.2, -0.15) is 0 Å². The molecule has 0 spiro atoms. The number of fused-ring (bicyclic) bond motifs is 3. The van der Waals surface area contributed by atoms with Crippen molar-refractivity contribution in [2.75, 3.05) is 0 Å². The molecule has 3 rings (SSSR count). The number of nitrogens with one attached hydrogen (secondary N) is 1. The molecule has 2 aromatic carbocycles. The predicted octanol–water partition coefficient (Wildman–Crippen LogP) is 3.60. The van der Waals surface area contributed by atoms with E-state index in [1.165, 1.54) is 24.3 Å². The molecule has 0 amide bonds. The summed E-state index contributed by atoms with van der Waals surface area (Å²) in [5.74, 6) is -0.593. The van der Waals surface area contributed by atoms with Gasteiger partial charge in [0.1, 0.15) is 11.6 Å². The van der Waals surface area contributed by atoms with Crippen LogP contribution in [0.5, 0.6) is 0 Å². The quantitative estimate of drug-likeness (QED) is 0.574. The highest BCUT2D eigenvalue weighted by Gasteiger charge is 2.05. The second-order valence-electron chi connectivity index (χ2n) is 3.50. The predicted molar refractivity (Wildman–Crippen MR) is 55.7 cm³/mol. The Kier molecular flexibility index (Phi) is 1.57. The molecule has 3 aromatic rings. The number of halogens is 2. The largest absolute Gasteiger partial charge is 0.354 e. The molecule has 0 atom stereocenters. The van der Waals surface area contributed by atoms with Gasteiger partial charge < -0.3 is 4.98 Å². The monoisotopic (exact) mass is 203 g/mol. The van der Waals surface area contributed by atoms with Crippen molar-refractivity contribution in [2.45, 2.75) is 0 Å². The second kappa shape index (κ2) is 2.79. The lowest BCUT2D eigenvalue weighted by Gasteiger charge is -1.90. The van der Waals surface area contributed by atoms with Crippen LogP contribution in [0.1, 0.15) is 0 Å². The number of aromatic amines is 1. The molecule has 15 heavy (non-hydrogen) atoms. The van der Waals surface area contributed by atoms with Crippen molar-refractivity contribution < 1.29 is 8.78 Å². The number of hydrogen-bond donors (Lipinski definition) is 1. The Hall–Kier alpha value is -1.90. The number of H-pyrrole nitrogens is 1. The van der Waals surface area contributed by atoms with E-state index in [4.69, 9.17) is 0 Å². The minimum atomic E-state index is -0.297. The molecule has 1 N–H and O–H groups in total. The smallest absolute Gasteiger partial charge is 0.125 e. The fourth-order valence-corrected chi connectivity index (χ4v) is 1.85. The van der Waals surface area contributed by atoms with Crippen LogP contribution in [0.25, 0.3) is 21.8 Å². The Balaban J connectivity index is 2.51. The molecule has 0 aliphatic rings. The number of benzene rings is 2. The maximum atomic E-state index is 13.0. The number of aromatic nitrogens is 1. The molecule has 74 valence electrons. The fraction of sp³-hybridized carbons (Fsp3) is 0. The Labute approximate surface area is 84.3 Å². The van der Waals surface area contributed by atoms with Crippen molar-refractivity contribution in [2.24, 2.45) is 0 Å². The van der Waals surface area contributed by atoms with Crippen molar-refractivity contribution in [1.29, 1.82) is 0 Å². The van der Waals surface area contributed by atoms with Crippen LogP contribution in [0.4, 0.5) is 8.78 Å². The zero-order valence-electron chi connectivity index (χ0n) is 7.72. The van der Waals surface area contributed by atoms with Crippen molar-refractivity contribution in [3.05, 3.63) is 48.0 Å². The van der Waals surface area contributed by atoms with Crippen LogP contribution in [-0.2, 0) is 0 Å². The third-order valence-electron chi connectivity index (χ3n) is 2.52. The van der Waals surface area contributed by atoms with Crippen molar-refractivity contribution in [3.63, 3.8) is 0 Å². The molecule has 0 aliphatic carbocycles. The Bertz CT molecular complexity index is 599. The molecule has 0 unspecified atom stereocenters. The van der Waals surface area contributed by atoms with E-state index in [-0.39, 0.29) is 11.6 Å². The van der Waals surface area contributed by atoms with Gasteiger partial charge in [-0.05, 0) is 36.4 Å². The van der Waals surface area contributed by atoms with Gasteiger partial charge in [-0.15, -0.1) is 0 Å². The lowest BCUT2D eigenvalue weighted by molar-refractivity contribution is 0.629. The summed E-state index contributed by atoms with van der Waals surface area (Å²) in [4.78, 5) is 2.98. The van der Waals surface area contributed by atoms with Crippen molar-refractivity contribution in [3.8, 4) is 0 Å². The van der Waals surface area contributed by atoms with E-state index in [1.807, 2.05) is 0 Å². The van der Waals surface area contributed by atoms with Gasteiger partial charge in [0.15, 0.2) is 0 Å². The molecule has 1 nitrogen and oxygen atoms in total. The van der Waals surface area contributed by atoms with Gasteiger partial charge in [0.25, 0.3) is 0 Å². The highest BCUT2D eigenvalue weighted by molar-refractivity contribution is 6.07. The zero-order valence-corrected chi connectivity index (χ0v) is 7.72. The molecule has 1 aromatic heterocycles. The van der Waals surface area contributed by atoms with Crippen LogP contribution >= 0.6 is 0 Å². The first-order chi connectivity index (χ1) is 7.24. The summed E-state index contributed by atoms with van der Waals surface area (Å²) in [7, 11) is 0. The summed E-state index contributed by atoms with van der Waals surface area (Å²) in [5, 5.41) is 1.82. The minimum Gasteiger partial charge on any atom is -0.354 e. The van der Waals surface area contributed by atoms with Gasteiger partial charge in [-0.25, -0.2) is 8.78 Å². The average molecular weight is 203 g/mol. The first-order valence-electron chi connectivity index (χ1n) is 4.60. The second-order valence-corrected chi connectivity index (χ2v) is 3.50. The molecule has 0 bridgehead atoms. The standard InChI is InChI=1S/C12H7F2N/c13-7-1-3-9-10-4-2-8(14)6-12(10)15-11(9)5-7/h1-6,15H. The first kappa shape index (κ1) is 8.41. The molecule has 3 heteroatoms. The summed E-state index contributed by atoms with van der Waals surface area (Å²) >= 11 is 0. The van der Waals surface area contributed by atoms with Crippen LogP contribution < -0.4 is 0 Å². The lowest BCUT2D eigenvalue weighted by Crippen LogP contribution is -1.72. The summed E-state index contributed by atoms with van der Waals surface area (Å²) in [6.07, 6.45) is 0. The van der Waals surface area contributed by atoms with E-state index in [2.05, 4.69) is 4.98 Å². The van der Waals surface area contributed by atoms with E-state index < -0.39 is 0 Å². The molecule has 0 saturated heterocycles. The normalized spacial score (nSPS) is 11.3. The van der Waals surface area contributed by atoms with Gasteiger partial charge in [0, 0.05) is 21.8 Å². The summed E-state index contributed by atoms with van der Waals surface area (Å²) in [5.41, 5.74) is 1.38. The molecular weight excluding hydrogens is 196 g/mol. The minimum absolute atomic E-state index is 0.297. The molecule has 1 heterocycles. The van der Waals surface area contributed by atoms with Gasteiger partial charge in [-0.1, -0.05) is 0 Å². The number of hydrogen-bond acceptors (Lipinski definition) is 0. The molecule has 0 saturated carbocycles. The Morgan fingerprint density at radius 3 is 1.67 bits per heavy atom. The Morgan fingerprint density at radius 1 is 0.733 bits per heavy atom. The third-order valence-corrected chi connectivity index (χ3v) is 2.52. The van der Waals surface area contributed by atoms with Gasteiger partial charge in [-0.3, -0.25) is 0 Å². The molecule has 0 radical (unpaired) electrons. The van der Waals surface area contributed by atoms with E-state index in [0.29, 0.717) is 11.0 Å². The van der Waals surface area contributed by atoms with E-state index in [1.54, 1.807) is 12.1 Å². The molecule has 0 fully saturated rings. The van der Waals surface area contributed by atoms with Crippen molar-refractivity contribution in [1.82, 2.24) is 4.98 Å². The van der Waals surface area contributed by atoms with Crippen LogP contribution in [0, 0.1) is 11.6 Å². The van der Waals surface area contributed by atoms with Gasteiger partial charge >= 0.3 is 0 Å². The van der Waals surface area contributed by atoms with E-state index in [9.17, 15) is 8.78 Å². The summed E-state index contributed by atoms with van der Waals surface area (Å²) < 4.78 is 25.9. The topological polar surface area (TPSA) is 15.8 Å². The maximum Gasteiger partial charge on any atom is 0.125 e. The fourth-order valence-electron chi connectivity index (χ4n) is 1.85. The van der Waals surface area contributed by atoms with Crippen LogP contribution in [0.15, 0.2) is 36.4 Å². The van der Waals surface area contributed by atoms with E-state index in [0.717, 1.165) is 10.8 Å². The zero-order chi connectivity index (χ0) is 10.4. The number of rotatable bonds is 0. The van der Waals surface area contributed by atoms with Crippen molar-refractivity contribution >= 4 is 21.8 Å². The first-order valence-corrected chi connectivity index (χ1v) is 4.60. The average Bonchev–Trinajstić information content (AvgIpc) is 2.53. The molecule has 0 aliphatic heterocycles.